The summed E-state index contributed by atoms with van der Waals surface area (Å²) < 4.78 is 0. The van der Waals surface area contributed by atoms with Gasteiger partial charge in [0, 0.05) is 12.1 Å². The molecule has 1 heteroatoms. The van der Waals surface area contributed by atoms with E-state index in [1.54, 1.807) is 0 Å². The lowest BCUT2D eigenvalue weighted by Gasteiger charge is -2.26. The second kappa shape index (κ2) is 4.97. The van der Waals surface area contributed by atoms with Gasteiger partial charge in [-0.25, -0.2) is 0 Å². The van der Waals surface area contributed by atoms with Crippen molar-refractivity contribution in [2.24, 2.45) is 5.92 Å². The van der Waals surface area contributed by atoms with Crippen LogP contribution < -0.4 is 5.32 Å². The van der Waals surface area contributed by atoms with Gasteiger partial charge in [0.2, 0.25) is 0 Å². The number of rotatable bonds is 3. The summed E-state index contributed by atoms with van der Waals surface area (Å²) in [5, 5.41) is 3.77. The summed E-state index contributed by atoms with van der Waals surface area (Å²) in [7, 11) is 0. The molecule has 0 aliphatic heterocycles. The molecule has 2 aliphatic carbocycles. The third-order valence-electron chi connectivity index (χ3n) is 3.84. The van der Waals surface area contributed by atoms with Crippen molar-refractivity contribution < 1.29 is 0 Å². The minimum Gasteiger partial charge on any atom is -0.308 e. The SMILES string of the molecule is C[C@@H](NC1C=CCCC1)C1CCCC1. The Morgan fingerprint density at radius 1 is 1.14 bits per heavy atom. The Morgan fingerprint density at radius 3 is 2.57 bits per heavy atom. The van der Waals surface area contributed by atoms with E-state index < -0.39 is 0 Å². The first-order valence-corrected chi connectivity index (χ1v) is 6.29. The van der Waals surface area contributed by atoms with E-state index in [4.69, 9.17) is 0 Å². The summed E-state index contributed by atoms with van der Waals surface area (Å²) in [6.07, 6.45) is 14.5. The molecule has 0 bridgehead atoms. The molecule has 1 N–H and O–H groups in total. The largest absolute Gasteiger partial charge is 0.308 e. The quantitative estimate of drug-likeness (QED) is 0.678. The van der Waals surface area contributed by atoms with Crippen molar-refractivity contribution in [3.63, 3.8) is 0 Å². The Kier molecular flexibility index (Phi) is 3.63. The van der Waals surface area contributed by atoms with Gasteiger partial charge in [0.1, 0.15) is 0 Å². The lowest BCUT2D eigenvalue weighted by atomic mass is 9.96. The number of hydrogen-bond donors (Lipinski definition) is 1. The van der Waals surface area contributed by atoms with E-state index >= 15 is 0 Å². The fourth-order valence-electron chi connectivity index (χ4n) is 2.88. The first-order chi connectivity index (χ1) is 6.86. The molecular weight excluding hydrogens is 170 g/mol. The van der Waals surface area contributed by atoms with E-state index in [1.807, 2.05) is 0 Å². The molecule has 0 spiro atoms. The van der Waals surface area contributed by atoms with Crippen LogP contribution in [0.2, 0.25) is 0 Å². The zero-order chi connectivity index (χ0) is 9.80. The summed E-state index contributed by atoms with van der Waals surface area (Å²) in [6.45, 7) is 2.37. The third kappa shape index (κ3) is 2.60. The van der Waals surface area contributed by atoms with Gasteiger partial charge in [-0.15, -0.1) is 0 Å². The zero-order valence-corrected chi connectivity index (χ0v) is 9.34. The molecule has 1 fully saturated rings. The molecule has 1 saturated carbocycles. The van der Waals surface area contributed by atoms with Crippen molar-refractivity contribution in [2.75, 3.05) is 0 Å². The smallest absolute Gasteiger partial charge is 0.0252 e. The molecule has 0 aromatic carbocycles. The minimum atomic E-state index is 0.666. The topological polar surface area (TPSA) is 12.0 Å². The maximum absolute atomic E-state index is 3.77. The monoisotopic (exact) mass is 193 g/mol. The van der Waals surface area contributed by atoms with Crippen LogP contribution in [0, 0.1) is 5.92 Å². The van der Waals surface area contributed by atoms with Crippen LogP contribution in [0.5, 0.6) is 0 Å². The van der Waals surface area contributed by atoms with Gasteiger partial charge in [-0.05, 0) is 44.9 Å². The molecule has 0 amide bonds. The van der Waals surface area contributed by atoms with Crippen molar-refractivity contribution in [3.8, 4) is 0 Å². The van der Waals surface area contributed by atoms with Crippen LogP contribution in [0.1, 0.15) is 51.9 Å². The van der Waals surface area contributed by atoms with Crippen LogP contribution in [0.15, 0.2) is 12.2 Å². The third-order valence-corrected chi connectivity index (χ3v) is 3.84. The summed E-state index contributed by atoms with van der Waals surface area (Å²) >= 11 is 0. The van der Waals surface area contributed by atoms with Crippen molar-refractivity contribution >= 4 is 0 Å². The standard InChI is InChI=1S/C13H23N/c1-11(12-7-5-6-8-12)14-13-9-3-2-4-10-13/h3,9,11-14H,2,4-8,10H2,1H3/t11-,13?/m1/s1. The van der Waals surface area contributed by atoms with Crippen molar-refractivity contribution in [2.45, 2.75) is 64.0 Å². The van der Waals surface area contributed by atoms with Crippen molar-refractivity contribution in [1.29, 1.82) is 0 Å². The van der Waals surface area contributed by atoms with Gasteiger partial charge in [0.25, 0.3) is 0 Å². The molecule has 0 radical (unpaired) electrons. The Morgan fingerprint density at radius 2 is 1.93 bits per heavy atom. The predicted octanol–water partition coefficient (Wildman–Crippen LogP) is 3.26. The van der Waals surface area contributed by atoms with Gasteiger partial charge < -0.3 is 5.32 Å². The highest BCUT2D eigenvalue weighted by molar-refractivity contribution is 4.98. The predicted molar refractivity (Wildman–Crippen MR) is 61.3 cm³/mol. The van der Waals surface area contributed by atoms with Crippen molar-refractivity contribution in [1.82, 2.24) is 5.32 Å². The average Bonchev–Trinajstić information content (AvgIpc) is 2.72. The second-order valence-corrected chi connectivity index (χ2v) is 4.97. The first-order valence-electron chi connectivity index (χ1n) is 6.29. The normalized spacial score (nSPS) is 30.8. The Bertz CT molecular complexity index is 191. The summed E-state index contributed by atoms with van der Waals surface area (Å²) in [5.41, 5.74) is 0. The minimum absolute atomic E-state index is 0.666. The molecule has 80 valence electrons. The number of hydrogen-bond acceptors (Lipinski definition) is 1. The average molecular weight is 193 g/mol. The van der Waals surface area contributed by atoms with Crippen LogP contribution in [0.4, 0.5) is 0 Å². The Balaban J connectivity index is 1.77. The molecule has 2 rings (SSSR count). The van der Waals surface area contributed by atoms with E-state index in [9.17, 15) is 0 Å². The van der Waals surface area contributed by atoms with Gasteiger partial charge in [-0.3, -0.25) is 0 Å². The van der Waals surface area contributed by atoms with Crippen LogP contribution in [-0.2, 0) is 0 Å². The highest BCUT2D eigenvalue weighted by atomic mass is 14.9. The molecular formula is C13H23N. The molecule has 0 heterocycles. The van der Waals surface area contributed by atoms with E-state index in [2.05, 4.69) is 24.4 Å². The maximum Gasteiger partial charge on any atom is 0.0252 e. The summed E-state index contributed by atoms with van der Waals surface area (Å²) in [5.74, 6) is 0.949. The first kappa shape index (κ1) is 10.2. The molecule has 0 saturated heterocycles. The van der Waals surface area contributed by atoms with E-state index in [-0.39, 0.29) is 0 Å². The number of nitrogens with one attached hydrogen (secondary N) is 1. The van der Waals surface area contributed by atoms with Gasteiger partial charge in [-0.1, -0.05) is 25.0 Å². The lowest BCUT2D eigenvalue weighted by Crippen LogP contribution is -2.39. The fraction of sp³-hybridized carbons (Fsp3) is 0.846. The fourth-order valence-corrected chi connectivity index (χ4v) is 2.88. The van der Waals surface area contributed by atoms with Gasteiger partial charge in [0.05, 0.1) is 0 Å². The van der Waals surface area contributed by atoms with Crippen LogP contribution in [0.3, 0.4) is 0 Å². The molecule has 2 aliphatic rings. The van der Waals surface area contributed by atoms with Crippen molar-refractivity contribution in [3.05, 3.63) is 12.2 Å². The lowest BCUT2D eigenvalue weighted by molar-refractivity contribution is 0.349. The van der Waals surface area contributed by atoms with Gasteiger partial charge >= 0.3 is 0 Å². The molecule has 1 nitrogen and oxygen atoms in total. The summed E-state index contributed by atoms with van der Waals surface area (Å²) in [6, 6.07) is 1.39. The Labute approximate surface area is 88.0 Å². The van der Waals surface area contributed by atoms with Crippen LogP contribution in [0.25, 0.3) is 0 Å². The van der Waals surface area contributed by atoms with Gasteiger partial charge in [0.15, 0.2) is 0 Å². The number of allylic oxidation sites excluding steroid dienone is 1. The van der Waals surface area contributed by atoms with Crippen LogP contribution >= 0.6 is 0 Å². The molecule has 0 aromatic heterocycles. The molecule has 1 unspecified atom stereocenters. The molecule has 0 aromatic rings. The maximum atomic E-state index is 3.77. The second-order valence-electron chi connectivity index (χ2n) is 4.97. The van der Waals surface area contributed by atoms with E-state index in [1.165, 1.54) is 44.9 Å². The molecule has 2 atom stereocenters. The zero-order valence-electron chi connectivity index (χ0n) is 9.34. The molecule has 14 heavy (non-hydrogen) atoms. The van der Waals surface area contributed by atoms with E-state index in [0.29, 0.717) is 6.04 Å². The van der Waals surface area contributed by atoms with Gasteiger partial charge in [-0.2, -0.15) is 0 Å². The highest BCUT2D eigenvalue weighted by Crippen LogP contribution is 2.28. The van der Waals surface area contributed by atoms with E-state index in [0.717, 1.165) is 12.0 Å². The van der Waals surface area contributed by atoms with Crippen LogP contribution in [-0.4, -0.2) is 12.1 Å². The summed E-state index contributed by atoms with van der Waals surface area (Å²) in [4.78, 5) is 0. The highest BCUT2D eigenvalue weighted by Gasteiger charge is 2.22. The Hall–Kier alpha value is -0.300.